The third-order valence-corrected chi connectivity index (χ3v) is 3.03. The number of nitrogens with zero attached hydrogens (tertiary/aromatic N) is 1. The van der Waals surface area contributed by atoms with E-state index in [9.17, 15) is 23.3 Å². The Kier molecular flexibility index (Phi) is 4.32. The van der Waals surface area contributed by atoms with Crippen LogP contribution in [0.25, 0.3) is 0 Å². The predicted octanol–water partition coefficient (Wildman–Crippen LogP) is 4.28. The Morgan fingerprint density at radius 2 is 1.86 bits per heavy atom. The summed E-state index contributed by atoms with van der Waals surface area (Å²) in [4.78, 5) is 9.95. The number of rotatable bonds is 4. The van der Waals surface area contributed by atoms with Crippen molar-refractivity contribution in [2.45, 2.75) is 6.54 Å². The van der Waals surface area contributed by atoms with Gasteiger partial charge in [0.2, 0.25) is 0 Å². The minimum absolute atomic E-state index is 0.0818. The highest BCUT2D eigenvalue weighted by Gasteiger charge is 2.21. The van der Waals surface area contributed by atoms with Crippen molar-refractivity contribution in [1.82, 2.24) is 0 Å². The van der Waals surface area contributed by atoms with Crippen LogP contribution in [-0.4, -0.2) is 4.92 Å². The van der Waals surface area contributed by atoms with Crippen molar-refractivity contribution in [2.24, 2.45) is 0 Å². The number of hydrogen-bond acceptors (Lipinski definition) is 3. The first-order chi connectivity index (χ1) is 9.90. The fourth-order valence-electron chi connectivity index (χ4n) is 1.70. The van der Waals surface area contributed by atoms with Gasteiger partial charge < -0.3 is 5.32 Å². The molecule has 0 bridgehead atoms. The Morgan fingerprint density at radius 3 is 2.48 bits per heavy atom. The monoisotopic (exact) mass is 316 g/mol. The molecule has 0 unspecified atom stereocenters. The van der Waals surface area contributed by atoms with Crippen molar-refractivity contribution in [3.63, 3.8) is 0 Å². The standard InChI is InChI=1S/C13H8ClF3N2O2/c14-8-2-1-7(5-10(8)16)6-18-13-11(19(20)21)4-3-9(15)12(13)17/h1-5,18H,6H2. The van der Waals surface area contributed by atoms with Crippen molar-refractivity contribution >= 4 is 23.0 Å². The Balaban J connectivity index is 2.28. The number of nitrogens with one attached hydrogen (secondary N) is 1. The van der Waals surface area contributed by atoms with Crippen molar-refractivity contribution < 1.29 is 18.1 Å². The third-order valence-electron chi connectivity index (χ3n) is 2.72. The summed E-state index contributed by atoms with van der Waals surface area (Å²) < 4.78 is 40.0. The number of nitro benzene ring substituents is 1. The Morgan fingerprint density at radius 1 is 1.14 bits per heavy atom. The lowest BCUT2D eigenvalue weighted by atomic mass is 10.2. The number of nitro groups is 1. The first-order valence-corrected chi connectivity index (χ1v) is 6.08. The summed E-state index contributed by atoms with van der Waals surface area (Å²) >= 11 is 5.52. The van der Waals surface area contributed by atoms with Crippen LogP contribution in [0.15, 0.2) is 30.3 Å². The zero-order valence-corrected chi connectivity index (χ0v) is 11.1. The van der Waals surface area contributed by atoms with Crippen molar-refractivity contribution in [1.29, 1.82) is 0 Å². The largest absolute Gasteiger partial charge is 0.373 e. The molecule has 0 amide bonds. The molecular weight excluding hydrogens is 309 g/mol. The number of halogens is 4. The van der Waals surface area contributed by atoms with E-state index in [1.807, 2.05) is 0 Å². The molecule has 2 aromatic carbocycles. The lowest BCUT2D eigenvalue weighted by molar-refractivity contribution is -0.384. The second kappa shape index (κ2) is 6.01. The molecule has 0 saturated carbocycles. The van der Waals surface area contributed by atoms with E-state index in [1.165, 1.54) is 12.1 Å². The van der Waals surface area contributed by atoms with Crippen LogP contribution >= 0.6 is 11.6 Å². The first kappa shape index (κ1) is 15.1. The van der Waals surface area contributed by atoms with Crippen LogP contribution in [0.1, 0.15) is 5.56 Å². The summed E-state index contributed by atoms with van der Waals surface area (Å²) in [5, 5.41) is 13.1. The van der Waals surface area contributed by atoms with Crippen LogP contribution in [0.4, 0.5) is 24.5 Å². The molecule has 0 aliphatic heterocycles. The number of hydrogen-bond donors (Lipinski definition) is 1. The van der Waals surface area contributed by atoms with Gasteiger partial charge in [0, 0.05) is 12.6 Å². The zero-order chi connectivity index (χ0) is 15.6. The molecule has 0 heterocycles. The number of anilines is 1. The molecule has 0 spiro atoms. The van der Waals surface area contributed by atoms with E-state index >= 15 is 0 Å². The first-order valence-electron chi connectivity index (χ1n) is 5.70. The molecule has 4 nitrogen and oxygen atoms in total. The van der Waals surface area contributed by atoms with Crippen LogP contribution < -0.4 is 5.32 Å². The molecule has 8 heteroatoms. The molecule has 0 radical (unpaired) electrons. The molecule has 110 valence electrons. The molecule has 2 rings (SSSR count). The van der Waals surface area contributed by atoms with Crippen molar-refractivity contribution in [2.75, 3.05) is 5.32 Å². The van der Waals surface area contributed by atoms with Gasteiger partial charge in [0.1, 0.15) is 5.82 Å². The SMILES string of the molecule is O=[N+]([O-])c1ccc(F)c(F)c1NCc1ccc(Cl)c(F)c1. The summed E-state index contributed by atoms with van der Waals surface area (Å²) in [7, 11) is 0. The Bertz CT molecular complexity index is 710. The van der Waals surface area contributed by atoms with Gasteiger partial charge in [-0.2, -0.15) is 0 Å². The molecule has 0 saturated heterocycles. The van der Waals surface area contributed by atoms with E-state index in [0.717, 1.165) is 12.1 Å². The minimum Gasteiger partial charge on any atom is -0.373 e. The van der Waals surface area contributed by atoms with Crippen LogP contribution in [0.2, 0.25) is 5.02 Å². The minimum atomic E-state index is -1.36. The van der Waals surface area contributed by atoms with E-state index < -0.39 is 33.7 Å². The van der Waals surface area contributed by atoms with Crippen molar-refractivity contribution in [3.8, 4) is 0 Å². The normalized spacial score (nSPS) is 10.5. The van der Waals surface area contributed by atoms with Gasteiger partial charge in [0.25, 0.3) is 5.69 Å². The van der Waals surface area contributed by atoms with Crippen LogP contribution in [0, 0.1) is 27.6 Å². The highest BCUT2D eigenvalue weighted by molar-refractivity contribution is 6.30. The van der Waals surface area contributed by atoms with E-state index in [-0.39, 0.29) is 11.6 Å². The van der Waals surface area contributed by atoms with E-state index in [2.05, 4.69) is 5.32 Å². The maximum absolute atomic E-state index is 13.6. The maximum Gasteiger partial charge on any atom is 0.295 e. The van der Waals surface area contributed by atoms with Gasteiger partial charge in [-0.15, -0.1) is 0 Å². The van der Waals surface area contributed by atoms with Gasteiger partial charge in [-0.3, -0.25) is 10.1 Å². The van der Waals surface area contributed by atoms with Gasteiger partial charge in [0.15, 0.2) is 17.3 Å². The third kappa shape index (κ3) is 3.25. The topological polar surface area (TPSA) is 55.2 Å². The smallest absolute Gasteiger partial charge is 0.295 e. The summed E-state index contributed by atoms with van der Waals surface area (Å²) in [6, 6.07) is 5.37. The summed E-state index contributed by atoms with van der Waals surface area (Å²) in [5.41, 5.74) is -0.825. The highest BCUT2D eigenvalue weighted by Crippen LogP contribution is 2.29. The fraction of sp³-hybridized carbons (Fsp3) is 0.0769. The highest BCUT2D eigenvalue weighted by atomic mass is 35.5. The van der Waals surface area contributed by atoms with Crippen LogP contribution in [0.3, 0.4) is 0 Å². The second-order valence-corrected chi connectivity index (χ2v) is 4.52. The van der Waals surface area contributed by atoms with E-state index in [4.69, 9.17) is 11.6 Å². The summed E-state index contributed by atoms with van der Waals surface area (Å²) in [6.07, 6.45) is 0. The molecule has 1 N–H and O–H groups in total. The van der Waals surface area contributed by atoms with E-state index in [0.29, 0.717) is 11.6 Å². The summed E-state index contributed by atoms with van der Waals surface area (Å²) in [6.45, 7) is -0.130. The molecule has 21 heavy (non-hydrogen) atoms. The molecule has 0 aliphatic rings. The maximum atomic E-state index is 13.6. The molecule has 0 aliphatic carbocycles. The predicted molar refractivity (Wildman–Crippen MR) is 71.7 cm³/mol. The van der Waals surface area contributed by atoms with Crippen LogP contribution in [0.5, 0.6) is 0 Å². The average Bonchev–Trinajstić information content (AvgIpc) is 2.43. The lowest BCUT2D eigenvalue weighted by Crippen LogP contribution is -2.06. The Hall–Kier alpha value is -2.28. The quantitative estimate of drug-likeness (QED) is 0.676. The zero-order valence-electron chi connectivity index (χ0n) is 10.4. The molecule has 0 atom stereocenters. The number of benzene rings is 2. The average molecular weight is 317 g/mol. The molecule has 0 fully saturated rings. The van der Waals surface area contributed by atoms with E-state index in [1.54, 1.807) is 0 Å². The van der Waals surface area contributed by atoms with Gasteiger partial charge in [-0.25, -0.2) is 13.2 Å². The second-order valence-electron chi connectivity index (χ2n) is 4.11. The van der Waals surface area contributed by atoms with Crippen LogP contribution in [-0.2, 0) is 6.54 Å². The fourth-order valence-corrected chi connectivity index (χ4v) is 1.82. The Labute approximate surface area is 122 Å². The van der Waals surface area contributed by atoms with Crippen molar-refractivity contribution in [3.05, 3.63) is 68.5 Å². The lowest BCUT2D eigenvalue weighted by Gasteiger charge is -2.09. The van der Waals surface area contributed by atoms with Gasteiger partial charge >= 0.3 is 0 Å². The van der Waals surface area contributed by atoms with Gasteiger partial charge in [-0.05, 0) is 23.8 Å². The van der Waals surface area contributed by atoms with Gasteiger partial charge in [-0.1, -0.05) is 17.7 Å². The molecular formula is C13H8ClF3N2O2. The van der Waals surface area contributed by atoms with Gasteiger partial charge in [0.05, 0.1) is 9.95 Å². The molecule has 0 aromatic heterocycles. The molecule has 2 aromatic rings. The summed E-state index contributed by atoms with van der Waals surface area (Å²) in [5.74, 6) is -3.26.